The van der Waals surface area contributed by atoms with Gasteiger partial charge in [-0.15, -0.1) is 11.3 Å². The van der Waals surface area contributed by atoms with Gasteiger partial charge >= 0.3 is 0 Å². The zero-order valence-electron chi connectivity index (χ0n) is 10.1. The molecule has 0 atom stereocenters. The van der Waals surface area contributed by atoms with Crippen molar-refractivity contribution in [2.45, 2.75) is 11.1 Å². The number of thiophene rings is 1. The van der Waals surface area contributed by atoms with Crippen LogP contribution in [0.25, 0.3) is 0 Å². The minimum atomic E-state index is -3.65. The Morgan fingerprint density at radius 1 is 1.40 bits per heavy atom. The van der Waals surface area contributed by atoms with E-state index in [0.29, 0.717) is 11.3 Å². The molecule has 0 fully saturated rings. The Balaban J connectivity index is 2.34. The second kappa shape index (κ2) is 5.74. The summed E-state index contributed by atoms with van der Waals surface area (Å²) in [5.74, 6) is 0. The van der Waals surface area contributed by atoms with Crippen molar-refractivity contribution in [2.24, 2.45) is 0 Å². The predicted molar refractivity (Wildman–Crippen MR) is 83.7 cm³/mol. The van der Waals surface area contributed by atoms with Gasteiger partial charge in [-0.2, -0.15) is 5.26 Å². The van der Waals surface area contributed by atoms with Gasteiger partial charge in [-0.25, -0.2) is 8.42 Å². The lowest BCUT2D eigenvalue weighted by Gasteiger charge is -2.06. The Kier molecular flexibility index (Phi) is 4.39. The standard InChI is InChI=1S/C12H8BrClN2O2S2/c1-7-4-11(19-12(7)13)20(17,18)16-9-3-2-8(6-15)10(14)5-9/h2-5,16H,1H3. The summed E-state index contributed by atoms with van der Waals surface area (Å²) < 4.78 is 27.8. The third-order valence-corrected chi connectivity index (χ3v) is 6.75. The molecule has 0 aliphatic rings. The molecule has 2 aromatic rings. The van der Waals surface area contributed by atoms with Crippen LogP contribution in [0.5, 0.6) is 0 Å². The summed E-state index contributed by atoms with van der Waals surface area (Å²) in [6, 6.07) is 7.88. The summed E-state index contributed by atoms with van der Waals surface area (Å²) in [5, 5.41) is 8.98. The molecule has 0 spiro atoms. The van der Waals surface area contributed by atoms with E-state index in [1.54, 1.807) is 6.07 Å². The van der Waals surface area contributed by atoms with Gasteiger partial charge in [-0.1, -0.05) is 11.6 Å². The minimum Gasteiger partial charge on any atom is -0.279 e. The Bertz CT molecular complexity index is 790. The van der Waals surface area contributed by atoms with E-state index in [1.807, 2.05) is 13.0 Å². The summed E-state index contributed by atoms with van der Waals surface area (Å²) in [7, 11) is -3.65. The van der Waals surface area contributed by atoms with E-state index in [4.69, 9.17) is 16.9 Å². The van der Waals surface area contributed by atoms with Crippen molar-refractivity contribution < 1.29 is 8.42 Å². The Labute approximate surface area is 134 Å². The van der Waals surface area contributed by atoms with Gasteiger partial charge in [0.25, 0.3) is 10.0 Å². The Morgan fingerprint density at radius 2 is 2.10 bits per heavy atom. The van der Waals surface area contributed by atoms with Crippen molar-refractivity contribution in [1.82, 2.24) is 0 Å². The topological polar surface area (TPSA) is 70.0 Å². The van der Waals surface area contributed by atoms with Crippen molar-refractivity contribution in [3.8, 4) is 6.07 Å². The van der Waals surface area contributed by atoms with Gasteiger partial charge in [-0.05, 0) is 52.7 Å². The summed E-state index contributed by atoms with van der Waals surface area (Å²) in [6.45, 7) is 1.82. The number of aryl methyl sites for hydroxylation is 1. The zero-order chi connectivity index (χ0) is 14.9. The first-order chi connectivity index (χ1) is 9.33. The summed E-state index contributed by atoms with van der Waals surface area (Å²) in [5.41, 5.74) is 1.47. The van der Waals surface area contributed by atoms with Crippen LogP contribution in [0.4, 0.5) is 5.69 Å². The monoisotopic (exact) mass is 390 g/mol. The molecule has 0 saturated heterocycles. The van der Waals surface area contributed by atoms with Crippen LogP contribution in [-0.4, -0.2) is 8.42 Å². The summed E-state index contributed by atoms with van der Waals surface area (Å²) in [4.78, 5) is 0. The molecule has 0 aliphatic heterocycles. The van der Waals surface area contributed by atoms with Crippen LogP contribution in [0.1, 0.15) is 11.1 Å². The number of benzene rings is 1. The quantitative estimate of drug-likeness (QED) is 0.854. The van der Waals surface area contributed by atoms with Gasteiger partial charge in [0.15, 0.2) is 0 Å². The van der Waals surface area contributed by atoms with E-state index in [0.717, 1.165) is 20.7 Å². The molecule has 1 aromatic carbocycles. The lowest BCUT2D eigenvalue weighted by atomic mass is 10.2. The highest BCUT2D eigenvalue weighted by atomic mass is 79.9. The van der Waals surface area contributed by atoms with E-state index in [-0.39, 0.29) is 9.23 Å². The van der Waals surface area contributed by atoms with E-state index in [2.05, 4.69) is 20.7 Å². The number of nitriles is 1. The molecule has 0 radical (unpaired) electrons. The van der Waals surface area contributed by atoms with Crippen LogP contribution in [-0.2, 0) is 10.0 Å². The first kappa shape index (κ1) is 15.3. The van der Waals surface area contributed by atoms with Crippen molar-refractivity contribution in [3.05, 3.63) is 44.2 Å². The average molecular weight is 392 g/mol. The number of rotatable bonds is 3. The maximum atomic E-state index is 12.2. The normalized spacial score (nSPS) is 11.1. The largest absolute Gasteiger partial charge is 0.279 e. The zero-order valence-corrected chi connectivity index (χ0v) is 14.1. The molecule has 104 valence electrons. The number of hydrogen-bond donors (Lipinski definition) is 1. The van der Waals surface area contributed by atoms with Crippen LogP contribution in [0.3, 0.4) is 0 Å². The summed E-state index contributed by atoms with van der Waals surface area (Å²) >= 11 is 10.3. The van der Waals surface area contributed by atoms with E-state index < -0.39 is 10.0 Å². The lowest BCUT2D eigenvalue weighted by Crippen LogP contribution is -2.11. The van der Waals surface area contributed by atoms with Gasteiger partial charge in [0.1, 0.15) is 10.3 Å². The second-order valence-corrected chi connectivity index (χ2v) is 8.62. The SMILES string of the molecule is Cc1cc(S(=O)(=O)Nc2ccc(C#N)c(Cl)c2)sc1Br. The first-order valence-electron chi connectivity index (χ1n) is 5.32. The lowest BCUT2D eigenvalue weighted by molar-refractivity contribution is 0.603. The van der Waals surface area contributed by atoms with Gasteiger partial charge < -0.3 is 0 Å². The van der Waals surface area contributed by atoms with Crippen molar-refractivity contribution in [2.75, 3.05) is 4.72 Å². The van der Waals surface area contributed by atoms with Crippen LogP contribution in [0.2, 0.25) is 5.02 Å². The highest BCUT2D eigenvalue weighted by Crippen LogP contribution is 2.32. The molecule has 0 aliphatic carbocycles. The molecule has 20 heavy (non-hydrogen) atoms. The van der Waals surface area contributed by atoms with E-state index >= 15 is 0 Å². The summed E-state index contributed by atoms with van der Waals surface area (Å²) in [6.07, 6.45) is 0. The second-order valence-electron chi connectivity index (χ2n) is 3.93. The average Bonchev–Trinajstić information content (AvgIpc) is 2.70. The van der Waals surface area contributed by atoms with Crippen LogP contribution >= 0.6 is 38.9 Å². The van der Waals surface area contributed by atoms with Gasteiger partial charge in [0, 0.05) is 0 Å². The van der Waals surface area contributed by atoms with E-state index in [9.17, 15) is 8.42 Å². The number of sulfonamides is 1. The molecule has 0 bridgehead atoms. The minimum absolute atomic E-state index is 0.205. The fourth-order valence-corrected chi connectivity index (χ4v) is 4.94. The maximum Gasteiger partial charge on any atom is 0.271 e. The molecule has 0 saturated carbocycles. The highest BCUT2D eigenvalue weighted by Gasteiger charge is 2.18. The first-order valence-corrected chi connectivity index (χ1v) is 8.79. The van der Waals surface area contributed by atoms with Gasteiger partial charge in [0.05, 0.1) is 20.1 Å². The molecule has 1 N–H and O–H groups in total. The number of nitrogens with one attached hydrogen (secondary N) is 1. The smallest absolute Gasteiger partial charge is 0.271 e. The number of nitrogens with zero attached hydrogens (tertiary/aromatic N) is 1. The van der Waals surface area contributed by atoms with Crippen LogP contribution in [0, 0.1) is 18.3 Å². The molecule has 1 heterocycles. The molecule has 1 aromatic heterocycles. The molecule has 0 unspecified atom stereocenters. The van der Waals surface area contributed by atoms with Crippen molar-refractivity contribution in [1.29, 1.82) is 5.26 Å². The highest BCUT2D eigenvalue weighted by molar-refractivity contribution is 9.11. The molecule has 0 amide bonds. The third kappa shape index (κ3) is 3.15. The van der Waals surface area contributed by atoms with E-state index in [1.165, 1.54) is 18.2 Å². The van der Waals surface area contributed by atoms with Gasteiger partial charge in [0.2, 0.25) is 0 Å². The maximum absolute atomic E-state index is 12.2. The fraction of sp³-hybridized carbons (Fsp3) is 0.0833. The number of hydrogen-bond acceptors (Lipinski definition) is 4. The predicted octanol–water partition coefficient (Wildman–Crippen LogP) is 4.14. The van der Waals surface area contributed by atoms with Crippen molar-refractivity contribution in [3.63, 3.8) is 0 Å². The van der Waals surface area contributed by atoms with Crippen LogP contribution in [0.15, 0.2) is 32.3 Å². The molecule has 4 nitrogen and oxygen atoms in total. The Hall–Kier alpha value is -1.07. The van der Waals surface area contributed by atoms with Crippen LogP contribution < -0.4 is 4.72 Å². The molecular formula is C12H8BrClN2O2S2. The molecule has 8 heteroatoms. The fourth-order valence-electron chi connectivity index (χ4n) is 1.44. The third-order valence-electron chi connectivity index (χ3n) is 2.44. The number of halogens is 2. The number of anilines is 1. The van der Waals surface area contributed by atoms with Gasteiger partial charge in [-0.3, -0.25) is 4.72 Å². The molecular weight excluding hydrogens is 384 g/mol. The molecule has 2 rings (SSSR count). The van der Waals surface area contributed by atoms with Crippen molar-refractivity contribution >= 4 is 54.6 Å². The Morgan fingerprint density at radius 3 is 2.60 bits per heavy atom.